The van der Waals surface area contributed by atoms with Crippen LogP contribution in [0.15, 0.2) is 65.6 Å². The number of primary sulfonamides is 1. The van der Waals surface area contributed by atoms with Gasteiger partial charge in [-0.15, -0.1) is 0 Å². The summed E-state index contributed by atoms with van der Waals surface area (Å²) >= 11 is 11.9. The van der Waals surface area contributed by atoms with E-state index in [1.165, 1.54) is 42.5 Å². The van der Waals surface area contributed by atoms with Crippen molar-refractivity contribution in [2.45, 2.75) is 11.3 Å². The Morgan fingerprint density at radius 2 is 1.77 bits per heavy atom. The molecule has 6 nitrogen and oxygen atoms in total. The highest BCUT2D eigenvalue weighted by atomic mass is 35.5. The quantitative estimate of drug-likeness (QED) is 0.544. The second kappa shape index (κ2) is 9.01. The van der Waals surface area contributed by atoms with Gasteiger partial charge in [0.15, 0.2) is 0 Å². The zero-order valence-corrected chi connectivity index (χ0v) is 17.6. The molecule has 0 heterocycles. The number of sulfonamides is 1. The van der Waals surface area contributed by atoms with E-state index < -0.39 is 21.7 Å². The Balaban J connectivity index is 1.89. The van der Waals surface area contributed by atoms with Gasteiger partial charge in [-0.2, -0.15) is 0 Å². The van der Waals surface area contributed by atoms with Gasteiger partial charge in [0.1, 0.15) is 17.3 Å². The van der Waals surface area contributed by atoms with Gasteiger partial charge < -0.3 is 10.1 Å². The van der Waals surface area contributed by atoms with Gasteiger partial charge >= 0.3 is 0 Å². The molecule has 0 aliphatic carbocycles. The molecule has 3 N–H and O–H groups in total. The largest absolute Gasteiger partial charge is 0.457 e. The number of carbonyl (C=O) groups excluding carboxylic acids is 1. The number of anilines is 1. The van der Waals surface area contributed by atoms with Crippen LogP contribution >= 0.6 is 23.2 Å². The number of ether oxygens (including phenoxy) is 1. The summed E-state index contributed by atoms with van der Waals surface area (Å²) in [5.41, 5.74) is 0.116. The first-order valence-corrected chi connectivity index (χ1v) is 10.8. The minimum atomic E-state index is -4.09. The van der Waals surface area contributed by atoms with Crippen molar-refractivity contribution in [3.8, 4) is 11.5 Å². The van der Waals surface area contributed by atoms with E-state index in [0.29, 0.717) is 10.8 Å². The molecule has 0 bridgehead atoms. The summed E-state index contributed by atoms with van der Waals surface area (Å²) in [4.78, 5) is 12.1. The minimum Gasteiger partial charge on any atom is -0.457 e. The van der Waals surface area contributed by atoms with Gasteiger partial charge in [0, 0.05) is 33.4 Å². The van der Waals surface area contributed by atoms with E-state index in [9.17, 15) is 17.6 Å². The molecule has 0 radical (unpaired) electrons. The van der Waals surface area contributed by atoms with Crippen LogP contribution in [0.25, 0.3) is 0 Å². The number of carbonyl (C=O) groups is 1. The zero-order chi connectivity index (χ0) is 21.9. The molecule has 0 saturated carbocycles. The van der Waals surface area contributed by atoms with Crippen LogP contribution in [-0.2, 0) is 21.2 Å². The van der Waals surface area contributed by atoms with Gasteiger partial charge in [-0.1, -0.05) is 35.3 Å². The monoisotopic (exact) mass is 468 g/mol. The highest BCUT2D eigenvalue weighted by molar-refractivity contribution is 7.89. The van der Waals surface area contributed by atoms with Gasteiger partial charge in [0.25, 0.3) is 0 Å². The lowest BCUT2D eigenvalue weighted by Crippen LogP contribution is -2.17. The number of hydrogen-bond acceptors (Lipinski definition) is 4. The fourth-order valence-corrected chi connectivity index (χ4v) is 3.58. The van der Waals surface area contributed by atoms with E-state index in [1.807, 2.05) is 0 Å². The number of nitrogens with two attached hydrogens (primary N) is 1. The first-order valence-electron chi connectivity index (χ1n) is 8.46. The molecule has 1 amide bonds. The number of rotatable bonds is 6. The number of nitrogens with one attached hydrogen (secondary N) is 1. The third kappa shape index (κ3) is 5.70. The molecule has 3 rings (SSSR count). The third-order valence-corrected chi connectivity index (χ3v) is 5.41. The topological polar surface area (TPSA) is 98.5 Å². The van der Waals surface area contributed by atoms with Crippen molar-refractivity contribution in [1.29, 1.82) is 0 Å². The summed E-state index contributed by atoms with van der Waals surface area (Å²) < 4.78 is 43.2. The SMILES string of the molecule is NS(=O)(=O)c1cc(NC(=O)Cc2c(F)cccc2Cl)cc(Oc2cccc(Cl)c2)c1. The molecular formula is C20H15Cl2FN2O4S. The summed E-state index contributed by atoms with van der Waals surface area (Å²) in [6.45, 7) is 0. The second-order valence-electron chi connectivity index (χ2n) is 6.22. The lowest BCUT2D eigenvalue weighted by molar-refractivity contribution is -0.115. The highest BCUT2D eigenvalue weighted by Crippen LogP contribution is 2.29. The number of benzene rings is 3. The van der Waals surface area contributed by atoms with Crippen LogP contribution in [0, 0.1) is 5.82 Å². The van der Waals surface area contributed by atoms with Gasteiger partial charge in [0.2, 0.25) is 15.9 Å². The summed E-state index contributed by atoms with van der Waals surface area (Å²) in [5, 5.41) is 8.25. The summed E-state index contributed by atoms with van der Waals surface area (Å²) in [6.07, 6.45) is -0.352. The molecule has 10 heteroatoms. The maximum absolute atomic E-state index is 13.9. The van der Waals surface area contributed by atoms with E-state index in [0.717, 1.165) is 0 Å². The number of hydrogen-bond donors (Lipinski definition) is 2. The lowest BCUT2D eigenvalue weighted by atomic mass is 10.1. The average molecular weight is 469 g/mol. The molecule has 0 spiro atoms. The molecule has 3 aromatic carbocycles. The van der Waals surface area contributed by atoms with E-state index in [2.05, 4.69) is 5.32 Å². The molecule has 3 aromatic rings. The van der Waals surface area contributed by atoms with E-state index >= 15 is 0 Å². The van der Waals surface area contributed by atoms with Crippen LogP contribution in [-0.4, -0.2) is 14.3 Å². The average Bonchev–Trinajstić information content (AvgIpc) is 2.64. The van der Waals surface area contributed by atoms with Crippen molar-refractivity contribution < 1.29 is 22.3 Å². The summed E-state index contributed by atoms with van der Waals surface area (Å²) in [6, 6.07) is 14.3. The predicted molar refractivity (Wildman–Crippen MR) is 113 cm³/mol. The fourth-order valence-electron chi connectivity index (χ4n) is 2.60. The molecule has 0 aliphatic rings. The van der Waals surface area contributed by atoms with Crippen LogP contribution < -0.4 is 15.2 Å². The smallest absolute Gasteiger partial charge is 0.238 e. The minimum absolute atomic E-state index is 0.0228. The van der Waals surface area contributed by atoms with Crippen LogP contribution in [0.4, 0.5) is 10.1 Å². The van der Waals surface area contributed by atoms with Crippen molar-refractivity contribution in [2.24, 2.45) is 5.14 Å². The number of amides is 1. The normalized spacial score (nSPS) is 11.2. The molecule has 0 aromatic heterocycles. The standard InChI is InChI=1S/C20H15Cl2FN2O4S/c21-12-3-1-4-14(7-12)29-15-8-13(9-16(10-15)30(24,27)28)25-20(26)11-17-18(22)5-2-6-19(17)23/h1-10H,11H2,(H,25,26)(H2,24,27,28). The van der Waals surface area contributed by atoms with Crippen molar-refractivity contribution in [1.82, 2.24) is 0 Å². The van der Waals surface area contributed by atoms with Crippen LogP contribution in [0.5, 0.6) is 11.5 Å². The highest BCUT2D eigenvalue weighted by Gasteiger charge is 2.16. The Bertz CT molecular complexity index is 1200. The summed E-state index contributed by atoms with van der Waals surface area (Å²) in [7, 11) is -4.09. The second-order valence-corrected chi connectivity index (χ2v) is 8.63. The Labute approximate surface area is 182 Å². The maximum atomic E-state index is 13.9. The first-order chi connectivity index (χ1) is 14.1. The van der Waals surface area contributed by atoms with E-state index in [-0.39, 0.29) is 33.3 Å². The van der Waals surface area contributed by atoms with Crippen LogP contribution in [0.2, 0.25) is 10.0 Å². The summed E-state index contributed by atoms with van der Waals surface area (Å²) in [5.74, 6) is -0.782. The molecule has 0 atom stereocenters. The van der Waals surface area contributed by atoms with Gasteiger partial charge in [-0.25, -0.2) is 17.9 Å². The molecule has 0 unspecified atom stereocenters. The molecule has 0 saturated heterocycles. The molecule has 0 aliphatic heterocycles. The van der Waals surface area contributed by atoms with Crippen molar-refractivity contribution in [3.63, 3.8) is 0 Å². The van der Waals surface area contributed by atoms with Crippen molar-refractivity contribution in [2.75, 3.05) is 5.32 Å². The molecular weight excluding hydrogens is 454 g/mol. The fraction of sp³-hybridized carbons (Fsp3) is 0.0500. The van der Waals surface area contributed by atoms with Crippen LogP contribution in [0.1, 0.15) is 5.56 Å². The van der Waals surface area contributed by atoms with Gasteiger partial charge in [-0.05, 0) is 36.4 Å². The Morgan fingerprint density at radius 1 is 1.03 bits per heavy atom. The predicted octanol–water partition coefficient (Wildman–Crippen LogP) is 4.75. The third-order valence-electron chi connectivity index (χ3n) is 3.92. The Morgan fingerprint density at radius 3 is 2.43 bits per heavy atom. The van der Waals surface area contributed by atoms with Gasteiger partial charge in [-0.3, -0.25) is 4.79 Å². The maximum Gasteiger partial charge on any atom is 0.238 e. The molecule has 0 fully saturated rings. The van der Waals surface area contributed by atoms with Crippen molar-refractivity contribution >= 4 is 44.8 Å². The number of halogens is 3. The molecule has 30 heavy (non-hydrogen) atoms. The lowest BCUT2D eigenvalue weighted by Gasteiger charge is -2.12. The van der Waals surface area contributed by atoms with E-state index in [4.69, 9.17) is 33.1 Å². The zero-order valence-electron chi connectivity index (χ0n) is 15.2. The van der Waals surface area contributed by atoms with Gasteiger partial charge in [0.05, 0.1) is 11.3 Å². The first kappa shape index (κ1) is 22.0. The Kier molecular flexibility index (Phi) is 6.62. The van der Waals surface area contributed by atoms with Crippen LogP contribution in [0.3, 0.4) is 0 Å². The Hall–Kier alpha value is -2.65. The van der Waals surface area contributed by atoms with E-state index in [1.54, 1.807) is 18.2 Å². The van der Waals surface area contributed by atoms with Crippen molar-refractivity contribution in [3.05, 3.63) is 82.1 Å². The molecule has 156 valence electrons.